The van der Waals surface area contributed by atoms with Crippen LogP contribution in [0.25, 0.3) is 0 Å². The van der Waals surface area contributed by atoms with Crippen LogP contribution in [0.3, 0.4) is 0 Å². The van der Waals surface area contributed by atoms with Gasteiger partial charge in [0.05, 0.1) is 12.7 Å². The fraction of sp³-hybridized carbons (Fsp3) is 0.429. The maximum Gasteiger partial charge on any atom is 0.219 e. The number of ether oxygens (including phenoxy) is 3. The molecule has 28 heavy (non-hydrogen) atoms. The number of hydrogen-bond acceptors (Lipinski definition) is 5. The van der Waals surface area contributed by atoms with Gasteiger partial charge < -0.3 is 24.8 Å². The summed E-state index contributed by atoms with van der Waals surface area (Å²) in [7, 11) is 1.76. The molecule has 1 aliphatic rings. The highest BCUT2D eigenvalue weighted by Gasteiger charge is 2.15. The largest absolute Gasteiger partial charge is 0.494 e. The zero-order valence-electron chi connectivity index (χ0n) is 16.5. The summed E-state index contributed by atoms with van der Waals surface area (Å²) >= 11 is 0. The number of pyridine rings is 1. The lowest BCUT2D eigenvalue weighted by Gasteiger charge is -2.15. The van der Waals surface area contributed by atoms with Gasteiger partial charge in [-0.25, -0.2) is 4.98 Å². The Kier molecular flexibility index (Phi) is 7.49. The van der Waals surface area contributed by atoms with Crippen LogP contribution in [0.15, 0.2) is 47.6 Å². The van der Waals surface area contributed by atoms with E-state index in [9.17, 15) is 0 Å². The third-order valence-corrected chi connectivity index (χ3v) is 4.36. The Labute approximate surface area is 166 Å². The van der Waals surface area contributed by atoms with Crippen LogP contribution in [-0.2, 0) is 11.3 Å². The SMILES string of the molecule is CCOc1ccc(Oc2cc(CNC(=NC)NCC3CCCO3)ccn2)cc1. The minimum Gasteiger partial charge on any atom is -0.494 e. The summed E-state index contributed by atoms with van der Waals surface area (Å²) in [6, 6.07) is 11.4. The molecule has 7 heteroatoms. The van der Waals surface area contributed by atoms with Crippen molar-refractivity contribution in [1.82, 2.24) is 15.6 Å². The van der Waals surface area contributed by atoms with Crippen molar-refractivity contribution in [3.63, 3.8) is 0 Å². The highest BCUT2D eigenvalue weighted by Crippen LogP contribution is 2.23. The molecule has 0 saturated carbocycles. The minimum atomic E-state index is 0.272. The molecule has 0 radical (unpaired) electrons. The van der Waals surface area contributed by atoms with Gasteiger partial charge in [-0.3, -0.25) is 4.99 Å². The van der Waals surface area contributed by atoms with E-state index in [-0.39, 0.29) is 6.10 Å². The minimum absolute atomic E-state index is 0.272. The van der Waals surface area contributed by atoms with E-state index in [0.717, 1.165) is 49.0 Å². The summed E-state index contributed by atoms with van der Waals surface area (Å²) in [4.78, 5) is 8.54. The van der Waals surface area contributed by atoms with Crippen molar-refractivity contribution < 1.29 is 14.2 Å². The Morgan fingerprint density at radius 3 is 2.75 bits per heavy atom. The van der Waals surface area contributed by atoms with Crippen LogP contribution in [0.2, 0.25) is 0 Å². The predicted octanol–water partition coefficient (Wildman–Crippen LogP) is 3.12. The van der Waals surface area contributed by atoms with Crippen molar-refractivity contribution >= 4 is 5.96 Å². The van der Waals surface area contributed by atoms with E-state index in [0.29, 0.717) is 19.0 Å². The molecule has 0 aliphatic carbocycles. The van der Waals surface area contributed by atoms with Gasteiger partial charge in [-0.15, -0.1) is 0 Å². The maximum absolute atomic E-state index is 5.84. The molecule has 1 atom stereocenters. The number of nitrogens with zero attached hydrogens (tertiary/aromatic N) is 2. The third kappa shape index (κ3) is 6.13. The molecule has 2 heterocycles. The van der Waals surface area contributed by atoms with Gasteiger partial charge in [0, 0.05) is 39.0 Å². The molecule has 150 valence electrons. The second-order valence-electron chi connectivity index (χ2n) is 6.45. The van der Waals surface area contributed by atoms with Gasteiger partial charge in [0.15, 0.2) is 5.96 Å². The number of hydrogen-bond donors (Lipinski definition) is 2. The molecule has 7 nitrogen and oxygen atoms in total. The van der Waals surface area contributed by atoms with E-state index in [4.69, 9.17) is 14.2 Å². The molecule has 2 aromatic rings. The molecule has 2 N–H and O–H groups in total. The molecule has 1 aliphatic heterocycles. The molecule has 1 unspecified atom stereocenters. The van der Waals surface area contributed by atoms with Crippen molar-refractivity contribution in [2.75, 3.05) is 26.8 Å². The Hall–Kier alpha value is -2.80. The highest BCUT2D eigenvalue weighted by molar-refractivity contribution is 5.79. The van der Waals surface area contributed by atoms with Crippen LogP contribution in [-0.4, -0.2) is 43.9 Å². The van der Waals surface area contributed by atoms with Gasteiger partial charge in [-0.2, -0.15) is 0 Å². The van der Waals surface area contributed by atoms with Crippen molar-refractivity contribution in [3.8, 4) is 17.4 Å². The van der Waals surface area contributed by atoms with Gasteiger partial charge in [0.25, 0.3) is 0 Å². The smallest absolute Gasteiger partial charge is 0.219 e. The second-order valence-corrected chi connectivity index (χ2v) is 6.45. The molecule has 1 fully saturated rings. The van der Waals surface area contributed by atoms with Crippen molar-refractivity contribution in [1.29, 1.82) is 0 Å². The van der Waals surface area contributed by atoms with Gasteiger partial charge in [-0.05, 0) is 55.7 Å². The molecule has 3 rings (SSSR count). The number of aliphatic imine (C=N–C) groups is 1. The molecular formula is C21H28N4O3. The Morgan fingerprint density at radius 1 is 1.21 bits per heavy atom. The topological polar surface area (TPSA) is 77.0 Å². The molecule has 1 aromatic heterocycles. The van der Waals surface area contributed by atoms with E-state index in [1.54, 1.807) is 13.2 Å². The fourth-order valence-corrected chi connectivity index (χ4v) is 2.93. The molecule has 0 spiro atoms. The number of aromatic nitrogens is 1. The van der Waals surface area contributed by atoms with Gasteiger partial charge in [-0.1, -0.05) is 0 Å². The molecule has 0 bridgehead atoms. The van der Waals surface area contributed by atoms with Gasteiger partial charge in [0.2, 0.25) is 5.88 Å². The summed E-state index contributed by atoms with van der Waals surface area (Å²) in [5, 5.41) is 6.61. The summed E-state index contributed by atoms with van der Waals surface area (Å²) in [5.74, 6) is 2.84. The van der Waals surface area contributed by atoms with E-state index >= 15 is 0 Å². The summed E-state index contributed by atoms with van der Waals surface area (Å²) in [6.45, 7) is 4.84. The molecular weight excluding hydrogens is 356 g/mol. The van der Waals surface area contributed by atoms with Crippen LogP contribution in [0.1, 0.15) is 25.3 Å². The lowest BCUT2D eigenvalue weighted by molar-refractivity contribution is 0.114. The first-order valence-corrected chi connectivity index (χ1v) is 9.68. The van der Waals surface area contributed by atoms with Crippen LogP contribution in [0, 0.1) is 0 Å². The average Bonchev–Trinajstić information content (AvgIpc) is 3.24. The van der Waals surface area contributed by atoms with Crippen LogP contribution in [0.5, 0.6) is 17.4 Å². The van der Waals surface area contributed by atoms with Crippen molar-refractivity contribution in [2.24, 2.45) is 4.99 Å². The Bertz CT molecular complexity index is 759. The van der Waals surface area contributed by atoms with E-state index in [1.165, 1.54) is 0 Å². The predicted molar refractivity (Wildman–Crippen MR) is 109 cm³/mol. The average molecular weight is 384 g/mol. The van der Waals surface area contributed by atoms with E-state index in [2.05, 4.69) is 20.6 Å². The second kappa shape index (κ2) is 10.5. The lowest BCUT2D eigenvalue weighted by atomic mass is 10.2. The maximum atomic E-state index is 5.84. The van der Waals surface area contributed by atoms with Crippen LogP contribution in [0.4, 0.5) is 0 Å². The number of nitrogens with one attached hydrogen (secondary N) is 2. The summed E-state index contributed by atoms with van der Waals surface area (Å²) < 4.78 is 16.9. The third-order valence-electron chi connectivity index (χ3n) is 4.36. The lowest BCUT2D eigenvalue weighted by Crippen LogP contribution is -2.40. The number of benzene rings is 1. The molecule has 1 aromatic carbocycles. The molecule has 1 saturated heterocycles. The number of guanidine groups is 1. The van der Waals surface area contributed by atoms with Gasteiger partial charge >= 0.3 is 0 Å². The molecule has 0 amide bonds. The first-order valence-electron chi connectivity index (χ1n) is 9.68. The Balaban J connectivity index is 1.50. The summed E-state index contributed by atoms with van der Waals surface area (Å²) in [6.07, 6.45) is 4.24. The van der Waals surface area contributed by atoms with E-state index in [1.807, 2.05) is 43.3 Å². The highest BCUT2D eigenvalue weighted by atomic mass is 16.5. The first kappa shape index (κ1) is 19.9. The first-order chi connectivity index (χ1) is 13.8. The number of rotatable bonds is 8. The Morgan fingerprint density at radius 2 is 2.04 bits per heavy atom. The van der Waals surface area contributed by atoms with Crippen molar-refractivity contribution in [2.45, 2.75) is 32.4 Å². The monoisotopic (exact) mass is 384 g/mol. The van der Waals surface area contributed by atoms with Crippen LogP contribution < -0.4 is 20.1 Å². The van der Waals surface area contributed by atoms with Gasteiger partial charge in [0.1, 0.15) is 11.5 Å². The standard InChI is InChI=1S/C21H28N4O3/c1-3-26-17-6-8-18(9-7-17)28-20-13-16(10-11-23-20)14-24-21(22-2)25-15-19-5-4-12-27-19/h6-11,13,19H,3-5,12,14-15H2,1-2H3,(H2,22,24,25). The zero-order valence-corrected chi connectivity index (χ0v) is 16.5. The zero-order chi connectivity index (χ0) is 19.6. The normalized spacial score (nSPS) is 16.6. The van der Waals surface area contributed by atoms with Crippen molar-refractivity contribution in [3.05, 3.63) is 48.2 Å². The summed E-state index contributed by atoms with van der Waals surface area (Å²) in [5.41, 5.74) is 1.05. The quantitative estimate of drug-likeness (QED) is 0.538. The van der Waals surface area contributed by atoms with Crippen LogP contribution >= 0.6 is 0 Å². The fourth-order valence-electron chi connectivity index (χ4n) is 2.93. The van der Waals surface area contributed by atoms with E-state index < -0.39 is 0 Å².